The number of aliphatic carboxylic acids is 1. The Hall–Kier alpha value is -1.87. The van der Waals surface area contributed by atoms with Crippen molar-refractivity contribution < 1.29 is 32.7 Å². The molecule has 0 heterocycles. The van der Waals surface area contributed by atoms with Crippen molar-refractivity contribution in [1.29, 1.82) is 0 Å². The van der Waals surface area contributed by atoms with Crippen LogP contribution in [0.15, 0.2) is 24.3 Å². The van der Waals surface area contributed by atoms with Crippen molar-refractivity contribution in [1.82, 2.24) is 0 Å². The second kappa shape index (κ2) is 17.6. The number of carboxylic acid groups (broad SMARTS) is 1. The van der Waals surface area contributed by atoms with E-state index in [2.05, 4.69) is 0 Å². The van der Waals surface area contributed by atoms with Crippen molar-refractivity contribution in [3.8, 4) is 11.5 Å². The van der Waals surface area contributed by atoms with Crippen LogP contribution in [0.1, 0.15) is 71.8 Å². The molecule has 0 spiro atoms. The fraction of sp³-hybridized carbons (Fsp3) is 0.640. The van der Waals surface area contributed by atoms with Gasteiger partial charge in [-0.2, -0.15) is 0 Å². The summed E-state index contributed by atoms with van der Waals surface area (Å²) in [6.45, 7) is 10.8. The molecule has 1 aromatic rings. The highest BCUT2D eigenvalue weighted by Gasteiger charge is 2.39. The molecule has 33 heavy (non-hydrogen) atoms. The summed E-state index contributed by atoms with van der Waals surface area (Å²) in [5.74, 6) is 0.0580. The van der Waals surface area contributed by atoms with Crippen molar-refractivity contribution in [3.63, 3.8) is 0 Å². The van der Waals surface area contributed by atoms with Crippen molar-refractivity contribution in [3.05, 3.63) is 29.8 Å². The lowest BCUT2D eigenvalue weighted by molar-refractivity contribution is -0.297. The molecule has 0 bridgehead atoms. The second-order valence-corrected chi connectivity index (χ2v) is 10.2. The molecule has 0 saturated heterocycles. The summed E-state index contributed by atoms with van der Waals surface area (Å²) in [4.78, 5) is 10.6. The number of carbonyl (C=O) groups is 1. The maximum Gasteiger partial charge on any atom is 0.500 e. The number of ether oxygens (including phenoxy) is 2. The summed E-state index contributed by atoms with van der Waals surface area (Å²) < 4.78 is 29.3. The van der Waals surface area contributed by atoms with E-state index in [9.17, 15) is 9.90 Å². The lowest BCUT2D eigenvalue weighted by Crippen LogP contribution is -2.45. The van der Waals surface area contributed by atoms with Crippen LogP contribution in [0.3, 0.4) is 0 Å². The van der Waals surface area contributed by atoms with Crippen molar-refractivity contribution >= 4 is 20.8 Å². The fourth-order valence-corrected chi connectivity index (χ4v) is 6.20. The zero-order chi connectivity index (χ0) is 24.4. The molecule has 1 aromatic carbocycles. The molecule has 0 aliphatic rings. The van der Waals surface area contributed by atoms with Crippen LogP contribution in [-0.4, -0.2) is 47.8 Å². The van der Waals surface area contributed by atoms with Gasteiger partial charge in [-0.1, -0.05) is 37.8 Å². The van der Waals surface area contributed by atoms with E-state index in [-0.39, 0.29) is 0 Å². The van der Waals surface area contributed by atoms with E-state index in [0.29, 0.717) is 44.5 Å². The number of hydrogen-bond acceptors (Lipinski definition) is 7. The first kappa shape index (κ1) is 29.2. The first-order chi connectivity index (χ1) is 16.0. The van der Waals surface area contributed by atoms with Crippen LogP contribution in [0.5, 0.6) is 11.5 Å². The Morgan fingerprint density at radius 2 is 1.42 bits per heavy atom. The lowest BCUT2D eigenvalue weighted by Gasteiger charge is -2.28. The third kappa shape index (κ3) is 12.2. The molecule has 188 valence electrons. The van der Waals surface area contributed by atoms with Gasteiger partial charge in [0.25, 0.3) is 0 Å². The third-order valence-corrected chi connectivity index (χ3v) is 8.06. The van der Waals surface area contributed by atoms with Crippen LogP contribution in [0.25, 0.3) is 6.08 Å². The highest BCUT2D eigenvalue weighted by molar-refractivity contribution is 6.60. The van der Waals surface area contributed by atoms with Gasteiger partial charge in [0.15, 0.2) is 11.5 Å². The molecular formula is C25H41O7Si-. The van der Waals surface area contributed by atoms with Crippen molar-refractivity contribution in [2.45, 2.75) is 72.3 Å². The van der Waals surface area contributed by atoms with E-state index in [0.717, 1.165) is 49.8 Å². The monoisotopic (exact) mass is 481 g/mol. The quantitative estimate of drug-likeness (QED) is 0.153. The minimum atomic E-state index is -2.51. The molecule has 0 fully saturated rings. The van der Waals surface area contributed by atoms with Gasteiger partial charge in [-0.15, -0.1) is 0 Å². The largest absolute Gasteiger partial charge is 0.545 e. The lowest BCUT2D eigenvalue weighted by atomic mass is 10.1. The first-order valence-electron chi connectivity index (χ1n) is 12.2. The average Bonchev–Trinajstić information content (AvgIpc) is 2.78. The standard InChI is InChI=1S/C25H42O7Si/c1-5-28-24-21-22(16-18-25(26)27)15-17-23(24)29-19-13-11-9-10-12-14-20-33(30-6-2,31-7-3)32-8-4/h15-18,21H,5-14,19-20H2,1-4H3,(H,26,27)/p-1/b18-16+. The maximum atomic E-state index is 10.6. The van der Waals surface area contributed by atoms with Crippen LogP contribution in [0.2, 0.25) is 6.04 Å². The van der Waals surface area contributed by atoms with Crippen molar-refractivity contribution in [2.75, 3.05) is 33.0 Å². The zero-order valence-corrected chi connectivity index (χ0v) is 21.7. The summed E-state index contributed by atoms with van der Waals surface area (Å²) in [6, 6.07) is 6.26. The average molecular weight is 482 g/mol. The Morgan fingerprint density at radius 1 is 0.818 bits per heavy atom. The molecule has 0 saturated carbocycles. The molecule has 0 aliphatic carbocycles. The topological polar surface area (TPSA) is 86.3 Å². The van der Waals surface area contributed by atoms with Gasteiger partial charge >= 0.3 is 8.80 Å². The van der Waals surface area contributed by atoms with E-state index in [4.69, 9.17) is 22.8 Å². The highest BCUT2D eigenvalue weighted by atomic mass is 28.4. The predicted octanol–water partition coefficient (Wildman–Crippen LogP) is 4.62. The van der Waals surface area contributed by atoms with Gasteiger partial charge in [0, 0.05) is 25.9 Å². The van der Waals surface area contributed by atoms with E-state index in [1.807, 2.05) is 33.8 Å². The van der Waals surface area contributed by atoms with E-state index in [1.165, 1.54) is 12.5 Å². The molecule has 0 aromatic heterocycles. The van der Waals surface area contributed by atoms with Gasteiger partial charge in [-0.05, 0) is 64.3 Å². The van der Waals surface area contributed by atoms with Gasteiger partial charge in [0.1, 0.15) is 0 Å². The van der Waals surface area contributed by atoms with E-state index >= 15 is 0 Å². The zero-order valence-electron chi connectivity index (χ0n) is 20.7. The van der Waals surface area contributed by atoms with E-state index in [1.54, 1.807) is 12.1 Å². The highest BCUT2D eigenvalue weighted by Crippen LogP contribution is 2.29. The van der Waals surface area contributed by atoms with Crippen LogP contribution in [0.4, 0.5) is 0 Å². The van der Waals surface area contributed by atoms with Crippen molar-refractivity contribution in [2.24, 2.45) is 0 Å². The van der Waals surface area contributed by atoms with Gasteiger partial charge in [0.2, 0.25) is 0 Å². The Kier molecular flexibility index (Phi) is 15.5. The second-order valence-electron chi connectivity index (χ2n) is 7.49. The smallest absolute Gasteiger partial charge is 0.500 e. The van der Waals surface area contributed by atoms with Gasteiger partial charge in [0.05, 0.1) is 19.2 Å². The Labute approximate surface area is 200 Å². The molecule has 1 rings (SSSR count). The number of carboxylic acids is 1. The molecule has 0 unspecified atom stereocenters. The molecule has 0 aliphatic heterocycles. The van der Waals surface area contributed by atoms with Gasteiger partial charge < -0.3 is 32.7 Å². The summed E-state index contributed by atoms with van der Waals surface area (Å²) in [6.07, 6.45) is 9.05. The summed E-state index contributed by atoms with van der Waals surface area (Å²) in [7, 11) is -2.51. The summed E-state index contributed by atoms with van der Waals surface area (Å²) in [5.41, 5.74) is 0.722. The number of rotatable bonds is 20. The van der Waals surface area contributed by atoms with Crippen LogP contribution < -0.4 is 14.6 Å². The number of hydrogen-bond donors (Lipinski definition) is 0. The minimum absolute atomic E-state index is 0.504. The van der Waals surface area contributed by atoms with Gasteiger partial charge in [-0.25, -0.2) is 0 Å². The molecule has 8 heteroatoms. The minimum Gasteiger partial charge on any atom is -0.545 e. The molecule has 0 radical (unpaired) electrons. The molecule has 0 N–H and O–H groups in total. The SMILES string of the molecule is CCOc1cc(/C=C/C(=O)[O-])ccc1OCCCCCCCC[Si](OCC)(OCC)OCC. The number of carbonyl (C=O) groups excluding carboxylic acids is 1. The maximum absolute atomic E-state index is 10.6. The summed E-state index contributed by atoms with van der Waals surface area (Å²) in [5, 5.41) is 10.6. The number of unbranched alkanes of at least 4 members (excludes halogenated alkanes) is 5. The molecule has 0 atom stereocenters. The fourth-order valence-electron chi connectivity index (χ4n) is 3.51. The Balaban J connectivity index is 2.32. The normalized spacial score (nSPS) is 11.8. The predicted molar refractivity (Wildman–Crippen MR) is 130 cm³/mol. The number of benzene rings is 1. The first-order valence-corrected chi connectivity index (χ1v) is 14.1. The summed E-state index contributed by atoms with van der Waals surface area (Å²) >= 11 is 0. The van der Waals surface area contributed by atoms with Gasteiger partial charge in [-0.3, -0.25) is 0 Å². The molecule has 0 amide bonds. The van der Waals surface area contributed by atoms with Crippen LogP contribution in [0, 0.1) is 0 Å². The molecule has 7 nitrogen and oxygen atoms in total. The van der Waals surface area contributed by atoms with Crippen LogP contribution in [-0.2, 0) is 18.1 Å². The van der Waals surface area contributed by atoms with E-state index < -0.39 is 14.8 Å². The third-order valence-electron chi connectivity index (χ3n) is 4.91. The Morgan fingerprint density at radius 3 is 2.00 bits per heavy atom. The molecular weight excluding hydrogens is 440 g/mol. The Bertz CT molecular complexity index is 676. The van der Waals surface area contributed by atoms with Crippen LogP contribution >= 0.6 is 0 Å².